The second kappa shape index (κ2) is 6.34. The number of thiophene rings is 1. The van der Waals surface area contributed by atoms with Crippen LogP contribution in [0.25, 0.3) is 0 Å². The number of hydrogen-bond donors (Lipinski definition) is 2. The Bertz CT molecular complexity index is 387. The second-order valence-electron chi connectivity index (χ2n) is 3.68. The fourth-order valence-electron chi connectivity index (χ4n) is 1.50. The van der Waals surface area contributed by atoms with Crippen molar-refractivity contribution in [2.75, 3.05) is 12.3 Å². The molecule has 0 aliphatic carbocycles. The van der Waals surface area contributed by atoms with Crippen molar-refractivity contribution in [3.63, 3.8) is 0 Å². The highest BCUT2D eigenvalue weighted by Crippen LogP contribution is 2.22. The Labute approximate surface area is 101 Å². The van der Waals surface area contributed by atoms with E-state index in [1.807, 2.05) is 11.4 Å². The lowest BCUT2D eigenvalue weighted by molar-refractivity contribution is 0.513. The molecule has 1 aromatic rings. The van der Waals surface area contributed by atoms with Gasteiger partial charge in [0.05, 0.1) is 5.75 Å². The molecular weight excluding hydrogens is 244 g/mol. The maximum absolute atomic E-state index is 10.8. The third-order valence-electron chi connectivity index (χ3n) is 2.24. The van der Waals surface area contributed by atoms with Gasteiger partial charge in [0.1, 0.15) is 0 Å². The van der Waals surface area contributed by atoms with Crippen molar-refractivity contribution < 1.29 is 8.42 Å². The van der Waals surface area contributed by atoms with Gasteiger partial charge in [0.15, 0.2) is 0 Å². The molecule has 0 aliphatic rings. The molecule has 0 spiro atoms. The lowest BCUT2D eigenvalue weighted by Gasteiger charge is -2.16. The average molecular weight is 262 g/mol. The molecule has 0 aliphatic heterocycles. The highest BCUT2D eigenvalue weighted by molar-refractivity contribution is 7.89. The van der Waals surface area contributed by atoms with Gasteiger partial charge in [-0.15, -0.1) is 11.3 Å². The van der Waals surface area contributed by atoms with E-state index in [1.165, 1.54) is 4.88 Å². The Hall–Kier alpha value is -0.430. The van der Waals surface area contributed by atoms with Crippen LogP contribution < -0.4 is 10.5 Å². The fraction of sp³-hybridized carbons (Fsp3) is 0.600. The number of primary sulfonamides is 1. The zero-order valence-corrected chi connectivity index (χ0v) is 11.0. The van der Waals surface area contributed by atoms with Gasteiger partial charge in [0.2, 0.25) is 10.0 Å². The summed E-state index contributed by atoms with van der Waals surface area (Å²) in [6.07, 6.45) is 2.07. The fourth-order valence-corrected chi connectivity index (χ4v) is 2.74. The third kappa shape index (κ3) is 5.07. The molecule has 1 unspecified atom stereocenters. The van der Waals surface area contributed by atoms with Crippen molar-refractivity contribution in [2.24, 2.45) is 5.14 Å². The van der Waals surface area contributed by atoms with E-state index in [4.69, 9.17) is 5.14 Å². The van der Waals surface area contributed by atoms with Crippen LogP contribution in [0.4, 0.5) is 0 Å². The second-order valence-corrected chi connectivity index (χ2v) is 6.39. The largest absolute Gasteiger partial charge is 0.308 e. The summed E-state index contributed by atoms with van der Waals surface area (Å²) in [4.78, 5) is 1.25. The third-order valence-corrected chi connectivity index (χ3v) is 4.00. The summed E-state index contributed by atoms with van der Waals surface area (Å²) in [7, 11) is -3.36. The quantitative estimate of drug-likeness (QED) is 0.781. The number of nitrogens with one attached hydrogen (secondary N) is 1. The molecule has 0 aromatic carbocycles. The Balaban J connectivity index is 2.47. The number of rotatable bonds is 7. The van der Waals surface area contributed by atoms with E-state index in [-0.39, 0.29) is 11.8 Å². The lowest BCUT2D eigenvalue weighted by atomic mass is 10.1. The highest BCUT2D eigenvalue weighted by atomic mass is 32.2. The minimum absolute atomic E-state index is 0.0153. The number of hydrogen-bond acceptors (Lipinski definition) is 4. The number of nitrogens with two attached hydrogens (primary N) is 1. The maximum Gasteiger partial charge on any atom is 0.210 e. The standard InChI is InChI=1S/C10H18N2O2S2/c1-2-4-9(10-5-3-7-15-10)12-6-8-16(11,13)14/h3,5,7,9,12H,2,4,6,8H2,1H3,(H2,11,13,14). The van der Waals surface area contributed by atoms with Crippen LogP contribution >= 0.6 is 11.3 Å². The highest BCUT2D eigenvalue weighted by Gasteiger charge is 2.11. The first kappa shape index (κ1) is 13.6. The molecule has 0 radical (unpaired) electrons. The van der Waals surface area contributed by atoms with Gasteiger partial charge in [0, 0.05) is 17.5 Å². The summed E-state index contributed by atoms with van der Waals surface area (Å²) in [5.41, 5.74) is 0. The van der Waals surface area contributed by atoms with Crippen molar-refractivity contribution in [2.45, 2.75) is 25.8 Å². The van der Waals surface area contributed by atoms with Crippen LogP contribution in [0, 0.1) is 0 Å². The summed E-state index contributed by atoms with van der Waals surface area (Å²) in [6, 6.07) is 4.31. The molecule has 0 fully saturated rings. The van der Waals surface area contributed by atoms with Crippen molar-refractivity contribution in [3.05, 3.63) is 22.4 Å². The monoisotopic (exact) mass is 262 g/mol. The summed E-state index contributed by atoms with van der Waals surface area (Å²) >= 11 is 1.69. The molecular formula is C10H18N2O2S2. The molecule has 4 nitrogen and oxygen atoms in total. The number of sulfonamides is 1. The maximum atomic E-state index is 10.8. The van der Waals surface area contributed by atoms with Crippen molar-refractivity contribution in [1.29, 1.82) is 0 Å². The van der Waals surface area contributed by atoms with Gasteiger partial charge in [0.25, 0.3) is 0 Å². The van der Waals surface area contributed by atoms with E-state index in [2.05, 4.69) is 18.3 Å². The summed E-state index contributed by atoms with van der Waals surface area (Å²) in [5, 5.41) is 10.2. The Morgan fingerprint density at radius 1 is 1.56 bits per heavy atom. The molecule has 1 rings (SSSR count). The average Bonchev–Trinajstić information content (AvgIpc) is 2.67. The summed E-state index contributed by atoms with van der Waals surface area (Å²) in [5.74, 6) is -0.0153. The normalized spacial score (nSPS) is 13.9. The smallest absolute Gasteiger partial charge is 0.210 e. The van der Waals surface area contributed by atoms with Crippen molar-refractivity contribution in [1.82, 2.24) is 5.32 Å². The Morgan fingerprint density at radius 2 is 2.31 bits per heavy atom. The summed E-state index contributed by atoms with van der Waals surface area (Å²) < 4.78 is 21.6. The minimum Gasteiger partial charge on any atom is -0.308 e. The van der Waals surface area contributed by atoms with Gasteiger partial charge in [-0.1, -0.05) is 19.4 Å². The molecule has 0 saturated heterocycles. The van der Waals surface area contributed by atoms with E-state index >= 15 is 0 Å². The molecule has 1 aromatic heterocycles. The van der Waals surface area contributed by atoms with Gasteiger partial charge in [-0.05, 0) is 17.9 Å². The van der Waals surface area contributed by atoms with Gasteiger partial charge in [-0.3, -0.25) is 0 Å². The predicted octanol–water partition coefficient (Wildman–Crippen LogP) is 1.47. The SMILES string of the molecule is CCCC(NCCS(N)(=O)=O)c1cccs1. The molecule has 6 heteroatoms. The van der Waals surface area contributed by atoms with Crippen molar-refractivity contribution >= 4 is 21.4 Å². The van der Waals surface area contributed by atoms with Crippen molar-refractivity contribution in [3.8, 4) is 0 Å². The molecule has 0 amide bonds. The van der Waals surface area contributed by atoms with Gasteiger partial charge in [-0.25, -0.2) is 13.6 Å². The topological polar surface area (TPSA) is 72.2 Å². The van der Waals surface area contributed by atoms with Crippen LogP contribution in [0.15, 0.2) is 17.5 Å². The first-order valence-corrected chi connectivity index (χ1v) is 7.89. The van der Waals surface area contributed by atoms with Gasteiger partial charge < -0.3 is 5.32 Å². The zero-order valence-electron chi connectivity index (χ0n) is 9.35. The molecule has 1 heterocycles. The first-order chi connectivity index (χ1) is 7.53. The van der Waals surface area contributed by atoms with E-state index in [0.717, 1.165) is 12.8 Å². The Morgan fingerprint density at radius 3 is 2.81 bits per heavy atom. The molecule has 1 atom stereocenters. The minimum atomic E-state index is -3.36. The molecule has 3 N–H and O–H groups in total. The van der Waals surface area contributed by atoms with Crippen LogP contribution in [0.5, 0.6) is 0 Å². The van der Waals surface area contributed by atoms with E-state index in [1.54, 1.807) is 11.3 Å². The molecule has 0 bridgehead atoms. The first-order valence-electron chi connectivity index (χ1n) is 5.30. The van der Waals surface area contributed by atoms with Crippen LogP contribution in [0.3, 0.4) is 0 Å². The lowest BCUT2D eigenvalue weighted by Crippen LogP contribution is -2.29. The van der Waals surface area contributed by atoms with Gasteiger partial charge in [-0.2, -0.15) is 0 Å². The van der Waals surface area contributed by atoms with E-state index < -0.39 is 10.0 Å². The predicted molar refractivity (Wildman–Crippen MR) is 67.9 cm³/mol. The zero-order chi connectivity index (χ0) is 12.0. The molecule has 92 valence electrons. The molecule has 0 saturated carbocycles. The summed E-state index contributed by atoms with van der Waals surface area (Å²) in [6.45, 7) is 2.52. The van der Waals surface area contributed by atoms with Crippen LogP contribution in [-0.2, 0) is 10.0 Å². The van der Waals surface area contributed by atoms with E-state index in [9.17, 15) is 8.42 Å². The van der Waals surface area contributed by atoms with Gasteiger partial charge >= 0.3 is 0 Å². The van der Waals surface area contributed by atoms with E-state index in [0.29, 0.717) is 6.54 Å². The van der Waals surface area contributed by atoms with Crippen LogP contribution in [0.2, 0.25) is 0 Å². The van der Waals surface area contributed by atoms with Crippen LogP contribution in [-0.4, -0.2) is 20.7 Å². The molecule has 16 heavy (non-hydrogen) atoms. The Kier molecular flexibility index (Phi) is 5.40. The van der Waals surface area contributed by atoms with Crippen LogP contribution in [0.1, 0.15) is 30.7 Å².